The molecule has 0 saturated heterocycles. The minimum absolute atomic E-state index is 0.764. The Morgan fingerprint density at radius 3 is 2.88 bits per heavy atom. The van der Waals surface area contributed by atoms with Crippen LogP contribution in [0, 0.1) is 3.57 Å². The Morgan fingerprint density at radius 1 is 1.24 bits per heavy atom. The number of nitrogens with one attached hydrogen (secondary N) is 1. The maximum Gasteiger partial charge on any atom is 0.146 e. The Kier molecular flexibility index (Phi) is 4.33. The zero-order valence-electron chi connectivity index (χ0n) is 9.48. The van der Waals surface area contributed by atoms with Crippen molar-refractivity contribution in [2.24, 2.45) is 0 Å². The second kappa shape index (κ2) is 5.97. The van der Waals surface area contributed by atoms with Crippen LogP contribution in [-0.4, -0.2) is 12.0 Å². The lowest BCUT2D eigenvalue weighted by molar-refractivity contribution is 0.479. The van der Waals surface area contributed by atoms with E-state index < -0.39 is 0 Å². The van der Waals surface area contributed by atoms with E-state index in [2.05, 4.69) is 32.9 Å². The van der Waals surface area contributed by atoms with Gasteiger partial charge in [0.2, 0.25) is 0 Å². The Balaban J connectivity index is 2.15. The van der Waals surface area contributed by atoms with Gasteiger partial charge in [-0.05, 0) is 59.5 Å². The van der Waals surface area contributed by atoms with Crippen LogP contribution in [0.1, 0.15) is 5.56 Å². The lowest BCUT2D eigenvalue weighted by Gasteiger charge is -2.07. The highest BCUT2D eigenvalue weighted by atomic mass is 127. The second-order valence-electron chi connectivity index (χ2n) is 3.62. The molecule has 2 rings (SSSR count). The Hall–Kier alpha value is -1.14. The molecule has 0 saturated carbocycles. The van der Waals surface area contributed by atoms with Crippen LogP contribution in [0.2, 0.25) is 0 Å². The number of nitrogens with zero attached hydrogens (tertiary/aromatic N) is 1. The quantitative estimate of drug-likeness (QED) is 0.868. The highest BCUT2D eigenvalue weighted by Crippen LogP contribution is 2.22. The van der Waals surface area contributed by atoms with Gasteiger partial charge in [0, 0.05) is 16.3 Å². The molecule has 0 radical (unpaired) electrons. The average molecular weight is 340 g/mol. The minimum Gasteiger partial charge on any atom is -0.456 e. The van der Waals surface area contributed by atoms with Crippen molar-refractivity contribution in [3.8, 4) is 11.5 Å². The molecular weight excluding hydrogens is 327 g/mol. The van der Waals surface area contributed by atoms with Gasteiger partial charge in [0.05, 0.1) is 6.20 Å². The molecule has 17 heavy (non-hydrogen) atoms. The summed E-state index contributed by atoms with van der Waals surface area (Å²) in [5.74, 6) is 1.60. The Labute approximate surface area is 114 Å². The predicted molar refractivity (Wildman–Crippen MR) is 76.2 cm³/mol. The van der Waals surface area contributed by atoms with Crippen LogP contribution in [0.15, 0.2) is 42.7 Å². The number of rotatable bonds is 4. The highest BCUT2D eigenvalue weighted by Gasteiger charge is 2.00. The van der Waals surface area contributed by atoms with Gasteiger partial charge < -0.3 is 10.1 Å². The summed E-state index contributed by atoms with van der Waals surface area (Å²) in [6.07, 6.45) is 3.55. The smallest absolute Gasteiger partial charge is 0.146 e. The van der Waals surface area contributed by atoms with Gasteiger partial charge in [0.1, 0.15) is 11.5 Å². The van der Waals surface area contributed by atoms with Crippen LogP contribution >= 0.6 is 22.6 Å². The summed E-state index contributed by atoms with van der Waals surface area (Å²) in [5, 5.41) is 3.09. The van der Waals surface area contributed by atoms with E-state index in [1.165, 1.54) is 0 Å². The third kappa shape index (κ3) is 3.67. The van der Waals surface area contributed by atoms with Gasteiger partial charge in [-0.15, -0.1) is 0 Å². The fourth-order valence-corrected chi connectivity index (χ4v) is 2.00. The van der Waals surface area contributed by atoms with E-state index in [-0.39, 0.29) is 0 Å². The third-order valence-corrected chi connectivity index (χ3v) is 2.85. The third-order valence-electron chi connectivity index (χ3n) is 2.18. The van der Waals surface area contributed by atoms with E-state index in [0.29, 0.717) is 0 Å². The summed E-state index contributed by atoms with van der Waals surface area (Å²) in [7, 11) is 1.91. The number of benzene rings is 1. The normalized spacial score (nSPS) is 10.2. The summed E-state index contributed by atoms with van der Waals surface area (Å²) in [6, 6.07) is 9.92. The molecule has 0 amide bonds. The van der Waals surface area contributed by atoms with E-state index >= 15 is 0 Å². The van der Waals surface area contributed by atoms with E-state index in [1.54, 1.807) is 6.20 Å². The Morgan fingerprint density at radius 2 is 2.12 bits per heavy atom. The number of pyridine rings is 1. The molecule has 1 aromatic carbocycles. The lowest BCUT2D eigenvalue weighted by Crippen LogP contribution is -2.05. The number of halogens is 1. The summed E-state index contributed by atoms with van der Waals surface area (Å²) < 4.78 is 6.90. The van der Waals surface area contributed by atoms with Gasteiger partial charge in [-0.2, -0.15) is 0 Å². The van der Waals surface area contributed by atoms with Crippen molar-refractivity contribution >= 4 is 22.6 Å². The maximum atomic E-state index is 5.75. The first-order chi connectivity index (χ1) is 8.28. The first-order valence-corrected chi connectivity index (χ1v) is 6.38. The monoisotopic (exact) mass is 340 g/mol. The number of hydrogen-bond acceptors (Lipinski definition) is 3. The standard InChI is InChI=1S/C13H13IN2O/c1-15-7-10-5-13(9-16-8-10)17-12-4-2-3-11(14)6-12/h2-6,8-9,15H,7H2,1H3. The van der Waals surface area contributed by atoms with Crippen LogP contribution in [-0.2, 0) is 6.54 Å². The molecule has 4 heteroatoms. The van der Waals surface area contributed by atoms with Crippen LogP contribution in [0.4, 0.5) is 0 Å². The topological polar surface area (TPSA) is 34.2 Å². The number of ether oxygens (including phenoxy) is 1. The summed E-state index contributed by atoms with van der Waals surface area (Å²) in [6.45, 7) is 0.788. The minimum atomic E-state index is 0.764. The van der Waals surface area contributed by atoms with Gasteiger partial charge in [-0.25, -0.2) is 0 Å². The van der Waals surface area contributed by atoms with Crippen molar-refractivity contribution in [2.75, 3.05) is 7.05 Å². The molecule has 3 nitrogen and oxygen atoms in total. The van der Waals surface area contributed by atoms with Crippen LogP contribution in [0.25, 0.3) is 0 Å². The largest absolute Gasteiger partial charge is 0.456 e. The fourth-order valence-electron chi connectivity index (χ4n) is 1.49. The zero-order valence-corrected chi connectivity index (χ0v) is 11.6. The molecule has 1 N–H and O–H groups in total. The van der Waals surface area contributed by atoms with Crippen molar-refractivity contribution in [1.29, 1.82) is 0 Å². The van der Waals surface area contributed by atoms with Gasteiger partial charge in [-0.1, -0.05) is 6.07 Å². The zero-order chi connectivity index (χ0) is 12.1. The average Bonchev–Trinajstić information content (AvgIpc) is 2.30. The molecular formula is C13H13IN2O. The van der Waals surface area contributed by atoms with Crippen molar-refractivity contribution in [3.63, 3.8) is 0 Å². The predicted octanol–water partition coefficient (Wildman–Crippen LogP) is 3.20. The van der Waals surface area contributed by atoms with E-state index in [9.17, 15) is 0 Å². The van der Waals surface area contributed by atoms with E-state index in [0.717, 1.165) is 27.2 Å². The van der Waals surface area contributed by atoms with Crippen molar-refractivity contribution in [2.45, 2.75) is 6.54 Å². The van der Waals surface area contributed by atoms with Crippen molar-refractivity contribution in [3.05, 3.63) is 51.9 Å². The molecule has 1 aromatic heterocycles. The van der Waals surface area contributed by atoms with E-state index in [1.807, 2.05) is 43.6 Å². The SMILES string of the molecule is CNCc1cncc(Oc2cccc(I)c2)c1. The molecule has 0 bridgehead atoms. The molecule has 0 aliphatic heterocycles. The molecule has 0 fully saturated rings. The summed E-state index contributed by atoms with van der Waals surface area (Å²) in [4.78, 5) is 4.15. The first kappa shape index (κ1) is 12.3. The summed E-state index contributed by atoms with van der Waals surface area (Å²) >= 11 is 2.26. The molecule has 0 atom stereocenters. The fraction of sp³-hybridized carbons (Fsp3) is 0.154. The highest BCUT2D eigenvalue weighted by molar-refractivity contribution is 14.1. The van der Waals surface area contributed by atoms with Crippen LogP contribution < -0.4 is 10.1 Å². The van der Waals surface area contributed by atoms with Crippen LogP contribution in [0.3, 0.4) is 0 Å². The molecule has 1 heterocycles. The number of aromatic nitrogens is 1. The summed E-state index contributed by atoms with van der Waals surface area (Å²) in [5.41, 5.74) is 1.11. The van der Waals surface area contributed by atoms with E-state index in [4.69, 9.17) is 4.74 Å². The molecule has 0 unspecified atom stereocenters. The van der Waals surface area contributed by atoms with Crippen molar-refractivity contribution < 1.29 is 4.74 Å². The van der Waals surface area contributed by atoms with Gasteiger partial charge in [-0.3, -0.25) is 4.98 Å². The first-order valence-electron chi connectivity index (χ1n) is 5.30. The van der Waals surface area contributed by atoms with Gasteiger partial charge >= 0.3 is 0 Å². The molecule has 88 valence electrons. The molecule has 0 spiro atoms. The van der Waals surface area contributed by atoms with Gasteiger partial charge in [0.15, 0.2) is 0 Å². The molecule has 0 aliphatic carbocycles. The van der Waals surface area contributed by atoms with Crippen molar-refractivity contribution in [1.82, 2.24) is 10.3 Å². The second-order valence-corrected chi connectivity index (χ2v) is 4.86. The van der Waals surface area contributed by atoms with Crippen LogP contribution in [0.5, 0.6) is 11.5 Å². The van der Waals surface area contributed by atoms with Gasteiger partial charge in [0.25, 0.3) is 0 Å². The Bertz CT molecular complexity index is 502. The lowest BCUT2D eigenvalue weighted by atomic mass is 10.3. The molecule has 0 aliphatic rings. The maximum absolute atomic E-state index is 5.75. The number of hydrogen-bond donors (Lipinski definition) is 1. The molecule has 2 aromatic rings.